The second kappa shape index (κ2) is 13.1. The summed E-state index contributed by atoms with van der Waals surface area (Å²) >= 11 is 1.75. The summed E-state index contributed by atoms with van der Waals surface area (Å²) in [4.78, 5) is 6.72. The highest BCUT2D eigenvalue weighted by Gasteiger charge is 2.06. The summed E-state index contributed by atoms with van der Waals surface area (Å²) in [6.45, 7) is 11.9. The zero-order chi connectivity index (χ0) is 15.5. The molecule has 1 heterocycles. The van der Waals surface area contributed by atoms with Gasteiger partial charge in [0.25, 0.3) is 0 Å². The van der Waals surface area contributed by atoms with Gasteiger partial charge in [0.1, 0.15) is 0 Å². The Morgan fingerprint density at radius 1 is 1.32 bits per heavy atom. The van der Waals surface area contributed by atoms with Crippen LogP contribution in [0.2, 0.25) is 0 Å². The molecule has 22 heavy (non-hydrogen) atoms. The second-order valence-corrected chi connectivity index (χ2v) is 6.00. The monoisotopic (exact) mass is 438 g/mol. The number of aliphatic imine (C=N–C) groups is 1. The third-order valence-corrected chi connectivity index (χ3v) is 4.45. The Kier molecular flexibility index (Phi) is 12.9. The van der Waals surface area contributed by atoms with Gasteiger partial charge in [-0.25, -0.2) is 0 Å². The maximum atomic E-state index is 4.28. The molecule has 0 amide bonds. The normalized spacial score (nSPS) is 12.9. The van der Waals surface area contributed by atoms with Crippen LogP contribution in [-0.4, -0.2) is 50.6 Å². The van der Waals surface area contributed by atoms with E-state index in [0.717, 1.165) is 45.1 Å². The van der Waals surface area contributed by atoms with Crippen molar-refractivity contribution < 1.29 is 0 Å². The average molecular weight is 438 g/mol. The predicted octanol–water partition coefficient (Wildman–Crippen LogP) is 3.37. The minimum absolute atomic E-state index is 0. The smallest absolute Gasteiger partial charge is 0.190 e. The first kappa shape index (κ1) is 21.7. The van der Waals surface area contributed by atoms with E-state index in [1.165, 1.54) is 5.56 Å². The summed E-state index contributed by atoms with van der Waals surface area (Å²) in [5, 5.41) is 11.1. The van der Waals surface area contributed by atoms with Crippen LogP contribution < -0.4 is 10.6 Å². The van der Waals surface area contributed by atoms with Gasteiger partial charge in [-0.2, -0.15) is 11.3 Å². The molecule has 0 saturated carbocycles. The molecule has 0 fully saturated rings. The van der Waals surface area contributed by atoms with Crippen molar-refractivity contribution in [3.8, 4) is 0 Å². The first-order valence-corrected chi connectivity index (χ1v) is 8.84. The number of guanidine groups is 1. The van der Waals surface area contributed by atoms with Crippen molar-refractivity contribution in [1.29, 1.82) is 0 Å². The molecule has 4 nitrogen and oxygen atoms in total. The van der Waals surface area contributed by atoms with E-state index in [-0.39, 0.29) is 24.0 Å². The van der Waals surface area contributed by atoms with E-state index in [4.69, 9.17) is 0 Å². The Morgan fingerprint density at radius 3 is 2.59 bits per heavy atom. The van der Waals surface area contributed by atoms with Crippen molar-refractivity contribution in [1.82, 2.24) is 15.5 Å². The van der Waals surface area contributed by atoms with E-state index in [1.807, 2.05) is 7.05 Å². The lowest BCUT2D eigenvalue weighted by Crippen LogP contribution is -2.40. The molecule has 0 radical (unpaired) electrons. The molecule has 1 rings (SSSR count). The van der Waals surface area contributed by atoms with Crippen LogP contribution in [0, 0.1) is 0 Å². The summed E-state index contributed by atoms with van der Waals surface area (Å²) in [6, 6.07) is 2.19. The van der Waals surface area contributed by atoms with E-state index in [2.05, 4.69) is 58.1 Å². The average Bonchev–Trinajstić information content (AvgIpc) is 3.04. The third kappa shape index (κ3) is 8.33. The highest BCUT2D eigenvalue weighted by Crippen LogP contribution is 2.16. The van der Waals surface area contributed by atoms with Gasteiger partial charge in [0.2, 0.25) is 0 Å². The molecule has 0 aromatic carbocycles. The quantitative estimate of drug-likeness (QED) is 0.269. The number of halogens is 1. The van der Waals surface area contributed by atoms with E-state index in [0.29, 0.717) is 5.92 Å². The largest absolute Gasteiger partial charge is 0.356 e. The molecule has 1 unspecified atom stereocenters. The summed E-state index contributed by atoms with van der Waals surface area (Å²) in [5.41, 5.74) is 1.39. The zero-order valence-corrected chi connectivity index (χ0v) is 17.4. The molecular formula is C16H31IN4S. The molecule has 6 heteroatoms. The molecule has 1 aromatic rings. The number of rotatable bonds is 9. The molecule has 0 spiro atoms. The lowest BCUT2D eigenvalue weighted by Gasteiger charge is -2.19. The number of hydrogen-bond acceptors (Lipinski definition) is 3. The molecule has 0 aliphatic carbocycles. The van der Waals surface area contributed by atoms with Gasteiger partial charge in [-0.3, -0.25) is 4.99 Å². The second-order valence-electron chi connectivity index (χ2n) is 5.22. The van der Waals surface area contributed by atoms with Crippen molar-refractivity contribution in [3.63, 3.8) is 0 Å². The van der Waals surface area contributed by atoms with Gasteiger partial charge in [0, 0.05) is 20.1 Å². The van der Waals surface area contributed by atoms with Crippen LogP contribution in [0.1, 0.15) is 38.7 Å². The van der Waals surface area contributed by atoms with Crippen molar-refractivity contribution >= 4 is 41.3 Å². The van der Waals surface area contributed by atoms with E-state index >= 15 is 0 Å². The minimum Gasteiger partial charge on any atom is -0.356 e. The topological polar surface area (TPSA) is 39.7 Å². The van der Waals surface area contributed by atoms with Crippen LogP contribution in [0.25, 0.3) is 0 Å². The summed E-state index contributed by atoms with van der Waals surface area (Å²) in [5.74, 6) is 1.40. The Hall–Kier alpha value is -0.340. The van der Waals surface area contributed by atoms with Gasteiger partial charge in [-0.15, -0.1) is 24.0 Å². The Bertz CT molecular complexity index is 391. The number of thiophene rings is 1. The molecule has 0 aliphatic rings. The van der Waals surface area contributed by atoms with E-state index < -0.39 is 0 Å². The van der Waals surface area contributed by atoms with Gasteiger partial charge >= 0.3 is 0 Å². The van der Waals surface area contributed by atoms with Crippen LogP contribution in [0.5, 0.6) is 0 Å². The lowest BCUT2D eigenvalue weighted by molar-refractivity contribution is 0.300. The lowest BCUT2D eigenvalue weighted by atomic mass is 10.1. The molecule has 0 bridgehead atoms. The van der Waals surface area contributed by atoms with Gasteiger partial charge in [-0.05, 0) is 54.4 Å². The fraction of sp³-hybridized carbons (Fsp3) is 0.688. The zero-order valence-electron chi connectivity index (χ0n) is 14.3. The van der Waals surface area contributed by atoms with Gasteiger partial charge < -0.3 is 15.5 Å². The predicted molar refractivity (Wildman–Crippen MR) is 110 cm³/mol. The van der Waals surface area contributed by atoms with Gasteiger partial charge in [-0.1, -0.05) is 20.8 Å². The van der Waals surface area contributed by atoms with E-state index in [9.17, 15) is 0 Å². The third-order valence-electron chi connectivity index (χ3n) is 3.75. The molecule has 0 aliphatic heterocycles. The highest BCUT2D eigenvalue weighted by molar-refractivity contribution is 14.0. The molecule has 128 valence electrons. The summed E-state index contributed by atoms with van der Waals surface area (Å²) in [6.07, 6.45) is 1.14. The van der Waals surface area contributed by atoms with Crippen molar-refractivity contribution in [3.05, 3.63) is 22.4 Å². The van der Waals surface area contributed by atoms with Crippen molar-refractivity contribution in [2.45, 2.75) is 33.1 Å². The summed E-state index contributed by atoms with van der Waals surface area (Å²) in [7, 11) is 1.83. The van der Waals surface area contributed by atoms with Crippen LogP contribution in [-0.2, 0) is 0 Å². The Balaban J connectivity index is 0.00000441. The Morgan fingerprint density at radius 2 is 2.05 bits per heavy atom. The number of hydrogen-bond donors (Lipinski definition) is 2. The molecular weight excluding hydrogens is 407 g/mol. The first-order chi connectivity index (χ1) is 10.2. The van der Waals surface area contributed by atoms with Crippen molar-refractivity contribution in [2.75, 3.05) is 39.8 Å². The maximum absolute atomic E-state index is 4.28. The first-order valence-electron chi connectivity index (χ1n) is 7.90. The van der Waals surface area contributed by atoms with Crippen LogP contribution >= 0.6 is 35.3 Å². The number of nitrogens with one attached hydrogen (secondary N) is 2. The maximum Gasteiger partial charge on any atom is 0.190 e. The van der Waals surface area contributed by atoms with Gasteiger partial charge in [0.15, 0.2) is 5.96 Å². The van der Waals surface area contributed by atoms with Crippen LogP contribution in [0.3, 0.4) is 0 Å². The van der Waals surface area contributed by atoms with Gasteiger partial charge in [0.05, 0.1) is 0 Å². The SMILES string of the molecule is CCN(CC)CCCNC(=NC)NCC(C)c1ccsc1.I. The van der Waals surface area contributed by atoms with Crippen LogP contribution in [0.4, 0.5) is 0 Å². The highest BCUT2D eigenvalue weighted by atomic mass is 127. The fourth-order valence-corrected chi connectivity index (χ4v) is 2.98. The fourth-order valence-electron chi connectivity index (χ4n) is 2.19. The summed E-state index contributed by atoms with van der Waals surface area (Å²) < 4.78 is 0. The molecule has 0 saturated heterocycles. The molecule has 2 N–H and O–H groups in total. The molecule has 1 aromatic heterocycles. The van der Waals surface area contributed by atoms with E-state index in [1.54, 1.807) is 11.3 Å². The van der Waals surface area contributed by atoms with Crippen LogP contribution in [0.15, 0.2) is 21.8 Å². The molecule has 1 atom stereocenters. The van der Waals surface area contributed by atoms with Crippen molar-refractivity contribution in [2.24, 2.45) is 4.99 Å². The Labute approximate surface area is 156 Å². The minimum atomic E-state index is 0. The standard InChI is InChI=1S/C16H30N4S.HI/c1-5-20(6-2)10-7-9-18-16(17-4)19-12-14(3)15-8-11-21-13-15;/h8,11,13-14H,5-7,9-10,12H2,1-4H3,(H2,17,18,19);1H. The number of nitrogens with zero attached hydrogens (tertiary/aromatic N) is 2.